The number of rotatable bonds is 3. The van der Waals surface area contributed by atoms with Gasteiger partial charge in [0, 0.05) is 17.8 Å². The highest BCUT2D eigenvalue weighted by Crippen LogP contribution is 2.20. The van der Waals surface area contributed by atoms with Crippen molar-refractivity contribution in [1.29, 1.82) is 5.26 Å². The molecule has 0 atom stereocenters. The zero-order valence-electron chi connectivity index (χ0n) is 9.83. The van der Waals surface area contributed by atoms with E-state index in [4.69, 9.17) is 10.00 Å². The molecule has 90 valence electrons. The average Bonchev–Trinajstić information content (AvgIpc) is 2.41. The van der Waals surface area contributed by atoms with Crippen molar-refractivity contribution >= 4 is 0 Å². The Hall–Kier alpha value is -2.61. The molecule has 5 heteroatoms. The third-order valence-corrected chi connectivity index (χ3v) is 2.54. The molecule has 0 aliphatic rings. The summed E-state index contributed by atoms with van der Waals surface area (Å²) < 4.78 is 6.67. The second-order valence-electron chi connectivity index (χ2n) is 3.68. The molecule has 18 heavy (non-hydrogen) atoms. The molecule has 2 aromatic rings. The first-order chi connectivity index (χ1) is 8.74. The van der Waals surface area contributed by atoms with Gasteiger partial charge in [-0.2, -0.15) is 5.26 Å². The molecule has 0 bridgehead atoms. The first-order valence-corrected chi connectivity index (χ1v) is 5.32. The Labute approximate surface area is 104 Å². The monoisotopic (exact) mass is 241 g/mol. The Kier molecular flexibility index (Phi) is 3.39. The second kappa shape index (κ2) is 5.15. The Bertz CT molecular complexity index is 656. The summed E-state index contributed by atoms with van der Waals surface area (Å²) in [6, 6.07) is 8.55. The van der Waals surface area contributed by atoms with Gasteiger partial charge in [-0.25, -0.2) is 4.98 Å². The van der Waals surface area contributed by atoms with E-state index in [9.17, 15) is 4.79 Å². The van der Waals surface area contributed by atoms with Gasteiger partial charge in [0.1, 0.15) is 5.75 Å². The van der Waals surface area contributed by atoms with E-state index >= 15 is 0 Å². The summed E-state index contributed by atoms with van der Waals surface area (Å²) in [5.74, 6) is 0.643. The molecule has 1 aromatic carbocycles. The zero-order chi connectivity index (χ0) is 13.0. The lowest BCUT2D eigenvalue weighted by Crippen LogP contribution is -2.19. The molecule has 0 N–H and O–H groups in total. The topological polar surface area (TPSA) is 67.9 Å². The minimum atomic E-state index is -0.144. The molecule has 1 aromatic heterocycles. The summed E-state index contributed by atoms with van der Waals surface area (Å²) in [5.41, 5.74) is 1.16. The molecule has 0 spiro atoms. The Morgan fingerprint density at radius 1 is 1.44 bits per heavy atom. The summed E-state index contributed by atoms with van der Waals surface area (Å²) >= 11 is 0. The van der Waals surface area contributed by atoms with Crippen LogP contribution in [0.3, 0.4) is 0 Å². The summed E-state index contributed by atoms with van der Waals surface area (Å²) in [4.78, 5) is 15.5. The van der Waals surface area contributed by atoms with Crippen LogP contribution in [0.25, 0.3) is 0 Å². The van der Waals surface area contributed by atoms with Gasteiger partial charge in [-0.1, -0.05) is 0 Å². The van der Waals surface area contributed by atoms with Crippen LogP contribution in [0.4, 0.5) is 0 Å². The minimum absolute atomic E-state index is 0.144. The quantitative estimate of drug-likeness (QED) is 0.809. The molecule has 0 saturated heterocycles. The summed E-state index contributed by atoms with van der Waals surface area (Å²) in [7, 11) is 1.55. The van der Waals surface area contributed by atoms with Crippen LogP contribution in [0.5, 0.6) is 5.75 Å². The third-order valence-electron chi connectivity index (χ3n) is 2.54. The van der Waals surface area contributed by atoms with E-state index in [1.807, 2.05) is 0 Å². The van der Waals surface area contributed by atoms with Gasteiger partial charge in [0.15, 0.2) is 0 Å². The highest BCUT2D eigenvalue weighted by molar-refractivity contribution is 5.42. The van der Waals surface area contributed by atoms with Gasteiger partial charge < -0.3 is 4.74 Å². The third kappa shape index (κ3) is 2.38. The molecule has 2 rings (SSSR count). The number of methoxy groups -OCH3 is 1. The highest BCUT2D eigenvalue weighted by atomic mass is 16.5. The van der Waals surface area contributed by atoms with Crippen molar-refractivity contribution in [2.24, 2.45) is 0 Å². The lowest BCUT2D eigenvalue weighted by atomic mass is 10.1. The van der Waals surface area contributed by atoms with E-state index in [0.717, 1.165) is 5.56 Å². The van der Waals surface area contributed by atoms with Gasteiger partial charge in [-0.3, -0.25) is 9.36 Å². The highest BCUT2D eigenvalue weighted by Gasteiger charge is 2.06. The van der Waals surface area contributed by atoms with Crippen LogP contribution >= 0.6 is 0 Å². The minimum Gasteiger partial charge on any atom is -0.496 e. The van der Waals surface area contributed by atoms with Gasteiger partial charge in [-0.05, 0) is 18.2 Å². The van der Waals surface area contributed by atoms with Crippen LogP contribution in [0, 0.1) is 11.3 Å². The number of hydrogen-bond donors (Lipinski definition) is 0. The summed E-state index contributed by atoms with van der Waals surface area (Å²) in [6.07, 6.45) is 2.91. The first kappa shape index (κ1) is 11.9. The van der Waals surface area contributed by atoms with E-state index < -0.39 is 0 Å². The van der Waals surface area contributed by atoms with E-state index in [2.05, 4.69) is 11.1 Å². The Morgan fingerprint density at radius 3 is 2.94 bits per heavy atom. The molecule has 5 nitrogen and oxygen atoms in total. The molecule has 0 radical (unpaired) electrons. The van der Waals surface area contributed by atoms with E-state index in [1.54, 1.807) is 25.3 Å². The fraction of sp³-hybridized carbons (Fsp3) is 0.154. The lowest BCUT2D eigenvalue weighted by Gasteiger charge is -2.10. The van der Waals surface area contributed by atoms with Gasteiger partial charge in [0.25, 0.3) is 5.56 Å². The maximum absolute atomic E-state index is 11.6. The predicted octanol–water partition coefficient (Wildman–Crippen LogP) is 1.17. The van der Waals surface area contributed by atoms with Gasteiger partial charge in [-0.15, -0.1) is 0 Å². The number of nitriles is 1. The summed E-state index contributed by atoms with van der Waals surface area (Å²) in [5, 5.41) is 8.87. The molecule has 0 fully saturated rings. The van der Waals surface area contributed by atoms with Gasteiger partial charge in [0.05, 0.1) is 31.6 Å². The van der Waals surface area contributed by atoms with E-state index in [1.165, 1.54) is 23.2 Å². The van der Waals surface area contributed by atoms with Crippen LogP contribution in [0.2, 0.25) is 0 Å². The molecule has 0 unspecified atom stereocenters. The van der Waals surface area contributed by atoms with Crippen LogP contribution < -0.4 is 10.3 Å². The normalized spacial score (nSPS) is 9.78. The fourth-order valence-corrected chi connectivity index (χ4v) is 1.65. The second-order valence-corrected chi connectivity index (χ2v) is 3.68. The van der Waals surface area contributed by atoms with Crippen LogP contribution in [-0.2, 0) is 6.54 Å². The van der Waals surface area contributed by atoms with Crippen molar-refractivity contribution in [2.75, 3.05) is 7.11 Å². The number of nitrogens with zero attached hydrogens (tertiary/aromatic N) is 3. The largest absolute Gasteiger partial charge is 0.496 e. The van der Waals surface area contributed by atoms with Gasteiger partial charge in [0.2, 0.25) is 0 Å². The first-order valence-electron chi connectivity index (χ1n) is 5.32. The molecular formula is C13H11N3O2. The number of hydrogen-bond acceptors (Lipinski definition) is 4. The van der Waals surface area contributed by atoms with Crippen LogP contribution in [-0.4, -0.2) is 16.7 Å². The molecule has 0 saturated carbocycles. The number of ether oxygens (including phenoxy) is 1. The Balaban J connectivity index is 2.42. The van der Waals surface area contributed by atoms with E-state index in [-0.39, 0.29) is 5.56 Å². The predicted molar refractivity (Wildman–Crippen MR) is 65.3 cm³/mol. The SMILES string of the molecule is COc1ccc(C#N)cc1Cn1cnccc1=O. The van der Waals surface area contributed by atoms with Crippen molar-refractivity contribution in [1.82, 2.24) is 9.55 Å². The van der Waals surface area contributed by atoms with Crippen LogP contribution in [0.1, 0.15) is 11.1 Å². The summed E-state index contributed by atoms with van der Waals surface area (Å²) in [6.45, 7) is 0.325. The standard InChI is InChI=1S/C13H11N3O2/c1-18-12-3-2-10(7-14)6-11(12)8-16-9-15-5-4-13(16)17/h2-6,9H,8H2,1H3. The molecule has 0 aliphatic heterocycles. The van der Waals surface area contributed by atoms with Crippen molar-refractivity contribution in [3.05, 3.63) is 58.3 Å². The maximum Gasteiger partial charge on any atom is 0.253 e. The van der Waals surface area contributed by atoms with Crippen molar-refractivity contribution < 1.29 is 4.74 Å². The van der Waals surface area contributed by atoms with Gasteiger partial charge >= 0.3 is 0 Å². The fourth-order valence-electron chi connectivity index (χ4n) is 1.65. The van der Waals surface area contributed by atoms with Crippen molar-refractivity contribution in [3.8, 4) is 11.8 Å². The van der Waals surface area contributed by atoms with Crippen LogP contribution in [0.15, 0.2) is 41.6 Å². The lowest BCUT2D eigenvalue weighted by molar-refractivity contribution is 0.408. The maximum atomic E-state index is 11.6. The smallest absolute Gasteiger partial charge is 0.253 e. The van der Waals surface area contributed by atoms with E-state index in [0.29, 0.717) is 17.9 Å². The molecular weight excluding hydrogens is 230 g/mol. The zero-order valence-corrected chi connectivity index (χ0v) is 9.83. The number of aromatic nitrogens is 2. The van der Waals surface area contributed by atoms with Crippen molar-refractivity contribution in [3.63, 3.8) is 0 Å². The molecule has 0 amide bonds. The molecule has 1 heterocycles. The Morgan fingerprint density at radius 2 is 2.28 bits per heavy atom. The average molecular weight is 241 g/mol. The van der Waals surface area contributed by atoms with Crippen molar-refractivity contribution in [2.45, 2.75) is 6.54 Å². The number of benzene rings is 1. The molecule has 0 aliphatic carbocycles.